The maximum atomic E-state index is 13.2. The molecule has 9 heteroatoms. The topological polar surface area (TPSA) is 55.2 Å². The third-order valence-electron chi connectivity index (χ3n) is 4.95. The summed E-state index contributed by atoms with van der Waals surface area (Å²) in [5.74, 6) is 0.278. The van der Waals surface area contributed by atoms with Crippen molar-refractivity contribution in [3.8, 4) is 16.8 Å². The second-order valence-corrected chi connectivity index (χ2v) is 9.18. The van der Waals surface area contributed by atoms with Crippen LogP contribution >= 0.6 is 0 Å². The van der Waals surface area contributed by atoms with Crippen LogP contribution in [0.2, 0.25) is 0 Å². The number of alkyl halides is 3. The van der Waals surface area contributed by atoms with E-state index < -0.39 is 21.6 Å². The molecule has 152 valence electrons. The SMILES string of the molecule is O=S1(=O)CCN(c2ccc(-c3cnn(-c4ccccc4C(F)(F)F)c3)cc2)CC1. The fraction of sp³-hybridized carbons (Fsp3) is 0.250. The number of para-hydroxylation sites is 1. The molecule has 0 atom stereocenters. The first-order valence-electron chi connectivity index (χ1n) is 9.00. The van der Waals surface area contributed by atoms with E-state index in [0.29, 0.717) is 18.7 Å². The molecule has 2 aromatic carbocycles. The summed E-state index contributed by atoms with van der Waals surface area (Å²) < 4.78 is 64.1. The second-order valence-electron chi connectivity index (χ2n) is 6.87. The number of hydrogen-bond acceptors (Lipinski definition) is 4. The van der Waals surface area contributed by atoms with E-state index in [2.05, 4.69) is 5.10 Å². The zero-order valence-electron chi connectivity index (χ0n) is 15.3. The van der Waals surface area contributed by atoms with Crippen LogP contribution in [-0.4, -0.2) is 42.8 Å². The fourth-order valence-electron chi connectivity index (χ4n) is 3.35. The largest absolute Gasteiger partial charge is 0.418 e. The Bertz CT molecular complexity index is 1110. The molecule has 2 heterocycles. The van der Waals surface area contributed by atoms with Gasteiger partial charge in [0.15, 0.2) is 9.84 Å². The smallest absolute Gasteiger partial charge is 0.369 e. The number of anilines is 1. The van der Waals surface area contributed by atoms with E-state index >= 15 is 0 Å². The van der Waals surface area contributed by atoms with Crippen LogP contribution < -0.4 is 4.90 Å². The van der Waals surface area contributed by atoms with Gasteiger partial charge < -0.3 is 4.90 Å². The quantitative estimate of drug-likeness (QED) is 0.646. The highest BCUT2D eigenvalue weighted by molar-refractivity contribution is 7.91. The van der Waals surface area contributed by atoms with Gasteiger partial charge in [-0.3, -0.25) is 0 Å². The molecule has 0 bridgehead atoms. The summed E-state index contributed by atoms with van der Waals surface area (Å²) in [6, 6.07) is 12.8. The van der Waals surface area contributed by atoms with Gasteiger partial charge in [-0.15, -0.1) is 0 Å². The van der Waals surface area contributed by atoms with Crippen molar-refractivity contribution in [1.82, 2.24) is 9.78 Å². The summed E-state index contributed by atoms with van der Waals surface area (Å²) >= 11 is 0. The number of hydrogen-bond donors (Lipinski definition) is 0. The van der Waals surface area contributed by atoms with Crippen molar-refractivity contribution in [3.05, 3.63) is 66.5 Å². The molecule has 0 saturated carbocycles. The van der Waals surface area contributed by atoms with Gasteiger partial charge in [0.25, 0.3) is 0 Å². The summed E-state index contributed by atoms with van der Waals surface area (Å²) in [5.41, 5.74) is 1.64. The van der Waals surface area contributed by atoms with E-state index in [1.54, 1.807) is 12.3 Å². The van der Waals surface area contributed by atoms with Gasteiger partial charge in [0.05, 0.1) is 29.0 Å². The predicted molar refractivity (Wildman–Crippen MR) is 105 cm³/mol. The molecule has 1 fully saturated rings. The molecule has 4 rings (SSSR count). The van der Waals surface area contributed by atoms with Crippen molar-refractivity contribution in [2.75, 3.05) is 29.5 Å². The first-order valence-corrected chi connectivity index (χ1v) is 10.8. The normalized spacial score (nSPS) is 16.7. The zero-order valence-corrected chi connectivity index (χ0v) is 16.1. The van der Waals surface area contributed by atoms with Gasteiger partial charge in [0.1, 0.15) is 0 Å². The highest BCUT2D eigenvalue weighted by Crippen LogP contribution is 2.34. The molecule has 0 amide bonds. The Morgan fingerprint density at radius 1 is 0.897 bits per heavy atom. The van der Waals surface area contributed by atoms with Crippen LogP contribution in [0.5, 0.6) is 0 Å². The second kappa shape index (κ2) is 7.22. The molecule has 0 radical (unpaired) electrons. The van der Waals surface area contributed by atoms with E-state index in [1.165, 1.54) is 23.0 Å². The summed E-state index contributed by atoms with van der Waals surface area (Å²) in [4.78, 5) is 2.01. The van der Waals surface area contributed by atoms with Gasteiger partial charge in [-0.25, -0.2) is 13.1 Å². The van der Waals surface area contributed by atoms with Crippen LogP contribution in [0.25, 0.3) is 16.8 Å². The number of rotatable bonds is 3. The molecule has 1 saturated heterocycles. The molecular weight excluding hydrogens is 403 g/mol. The number of benzene rings is 2. The number of nitrogens with zero attached hydrogens (tertiary/aromatic N) is 3. The summed E-state index contributed by atoms with van der Waals surface area (Å²) in [6.45, 7) is 0.904. The van der Waals surface area contributed by atoms with Gasteiger partial charge in [0, 0.05) is 30.5 Å². The average molecular weight is 421 g/mol. The lowest BCUT2D eigenvalue weighted by molar-refractivity contribution is -0.137. The first kappa shape index (κ1) is 19.5. The Morgan fingerprint density at radius 2 is 1.55 bits per heavy atom. The predicted octanol–water partition coefficient (Wildman–Crippen LogP) is 3.79. The fourth-order valence-corrected chi connectivity index (χ4v) is 4.55. The van der Waals surface area contributed by atoms with Gasteiger partial charge in [-0.05, 0) is 29.8 Å². The molecule has 0 spiro atoms. The van der Waals surface area contributed by atoms with Crippen LogP contribution in [0.1, 0.15) is 5.56 Å². The molecule has 0 aliphatic carbocycles. The molecule has 3 aromatic rings. The van der Waals surface area contributed by atoms with Crippen LogP contribution in [0, 0.1) is 0 Å². The third kappa shape index (κ3) is 4.14. The van der Waals surface area contributed by atoms with Crippen LogP contribution in [0.15, 0.2) is 60.9 Å². The van der Waals surface area contributed by atoms with Crippen molar-refractivity contribution in [1.29, 1.82) is 0 Å². The Balaban J connectivity index is 1.57. The van der Waals surface area contributed by atoms with Crippen LogP contribution in [-0.2, 0) is 16.0 Å². The maximum absolute atomic E-state index is 13.2. The monoisotopic (exact) mass is 421 g/mol. The maximum Gasteiger partial charge on any atom is 0.418 e. The molecule has 0 unspecified atom stereocenters. The zero-order chi connectivity index (χ0) is 20.6. The minimum atomic E-state index is -4.47. The molecule has 5 nitrogen and oxygen atoms in total. The Hall–Kier alpha value is -2.81. The summed E-state index contributed by atoms with van der Waals surface area (Å²) in [5, 5.41) is 4.10. The molecule has 1 aliphatic rings. The molecule has 1 aliphatic heterocycles. The van der Waals surface area contributed by atoms with E-state index in [4.69, 9.17) is 0 Å². The van der Waals surface area contributed by atoms with Crippen molar-refractivity contribution < 1.29 is 21.6 Å². The van der Waals surface area contributed by atoms with E-state index in [0.717, 1.165) is 17.3 Å². The van der Waals surface area contributed by atoms with Crippen molar-refractivity contribution >= 4 is 15.5 Å². The van der Waals surface area contributed by atoms with Crippen LogP contribution in [0.3, 0.4) is 0 Å². The lowest BCUT2D eigenvalue weighted by Crippen LogP contribution is -2.40. The summed E-state index contributed by atoms with van der Waals surface area (Å²) in [7, 11) is -2.95. The van der Waals surface area contributed by atoms with E-state index in [-0.39, 0.29) is 17.2 Å². The van der Waals surface area contributed by atoms with Crippen molar-refractivity contribution in [2.24, 2.45) is 0 Å². The van der Waals surface area contributed by atoms with Crippen LogP contribution in [0.4, 0.5) is 18.9 Å². The molecule has 29 heavy (non-hydrogen) atoms. The lowest BCUT2D eigenvalue weighted by Gasteiger charge is -2.28. The van der Waals surface area contributed by atoms with Gasteiger partial charge in [-0.1, -0.05) is 24.3 Å². The number of halogens is 3. The van der Waals surface area contributed by atoms with Crippen molar-refractivity contribution in [3.63, 3.8) is 0 Å². The Kier molecular flexibility index (Phi) is 4.85. The average Bonchev–Trinajstić information content (AvgIpc) is 3.18. The number of aromatic nitrogens is 2. The van der Waals surface area contributed by atoms with E-state index in [1.807, 2.05) is 29.2 Å². The van der Waals surface area contributed by atoms with Gasteiger partial charge in [-0.2, -0.15) is 18.3 Å². The summed E-state index contributed by atoms with van der Waals surface area (Å²) in [6.07, 6.45) is -1.38. The highest BCUT2D eigenvalue weighted by Gasteiger charge is 2.33. The Labute approximate surface area is 166 Å². The lowest BCUT2D eigenvalue weighted by atomic mass is 10.1. The Morgan fingerprint density at radius 3 is 2.21 bits per heavy atom. The van der Waals surface area contributed by atoms with Gasteiger partial charge in [0.2, 0.25) is 0 Å². The minimum Gasteiger partial charge on any atom is -0.369 e. The van der Waals surface area contributed by atoms with Crippen molar-refractivity contribution in [2.45, 2.75) is 6.18 Å². The minimum absolute atomic E-state index is 0.0302. The molecular formula is C20H18F3N3O2S. The van der Waals surface area contributed by atoms with E-state index in [9.17, 15) is 21.6 Å². The number of sulfone groups is 1. The third-order valence-corrected chi connectivity index (χ3v) is 6.56. The first-order chi connectivity index (χ1) is 13.7. The van der Waals surface area contributed by atoms with Gasteiger partial charge >= 0.3 is 6.18 Å². The molecule has 1 aromatic heterocycles. The highest BCUT2D eigenvalue weighted by atomic mass is 32.2. The standard InChI is InChI=1S/C20H18F3N3O2S/c21-20(22,23)18-3-1-2-4-19(18)26-14-16(13-24-26)15-5-7-17(8-6-15)25-9-11-29(27,28)12-10-25/h1-8,13-14H,9-12H2. The molecule has 0 N–H and O–H groups in total.